The summed E-state index contributed by atoms with van der Waals surface area (Å²) in [5.41, 5.74) is 0.541. The highest BCUT2D eigenvalue weighted by atomic mass is 79.9. The van der Waals surface area contributed by atoms with E-state index >= 15 is 0 Å². The van der Waals surface area contributed by atoms with E-state index in [4.69, 9.17) is 0 Å². The van der Waals surface area contributed by atoms with Crippen LogP contribution in [0.3, 0.4) is 0 Å². The number of carbonyl (C=O) groups is 1. The van der Waals surface area contributed by atoms with E-state index in [2.05, 4.69) is 26.2 Å². The SMILES string of the molecule is O=C(Nc1ccccc1F)c1cccnc1Sc1ccc(Br)cc1. The molecule has 0 bridgehead atoms. The zero-order valence-electron chi connectivity index (χ0n) is 12.4. The average Bonchev–Trinajstić information content (AvgIpc) is 2.59. The highest BCUT2D eigenvalue weighted by Gasteiger charge is 2.15. The Morgan fingerprint density at radius 1 is 1.04 bits per heavy atom. The van der Waals surface area contributed by atoms with Gasteiger partial charge in [-0.25, -0.2) is 9.37 Å². The number of carbonyl (C=O) groups excluding carboxylic acids is 1. The highest BCUT2D eigenvalue weighted by Crippen LogP contribution is 2.30. The van der Waals surface area contributed by atoms with Gasteiger partial charge in [0.1, 0.15) is 10.8 Å². The summed E-state index contributed by atoms with van der Waals surface area (Å²) in [6.45, 7) is 0. The Hall–Kier alpha value is -2.18. The maximum absolute atomic E-state index is 13.7. The first kappa shape index (κ1) is 16.7. The number of hydrogen-bond donors (Lipinski definition) is 1. The van der Waals surface area contributed by atoms with E-state index in [-0.39, 0.29) is 5.69 Å². The number of nitrogens with one attached hydrogen (secondary N) is 1. The summed E-state index contributed by atoms with van der Waals surface area (Å²) in [6.07, 6.45) is 1.63. The summed E-state index contributed by atoms with van der Waals surface area (Å²) in [6, 6.07) is 17.1. The molecule has 0 atom stereocenters. The molecular formula is C18H12BrFN2OS. The van der Waals surface area contributed by atoms with Crippen molar-refractivity contribution >= 4 is 39.3 Å². The fourth-order valence-electron chi connectivity index (χ4n) is 2.01. The van der Waals surface area contributed by atoms with Crippen molar-refractivity contribution < 1.29 is 9.18 Å². The number of amides is 1. The van der Waals surface area contributed by atoms with Crippen molar-refractivity contribution in [1.82, 2.24) is 4.98 Å². The predicted molar refractivity (Wildman–Crippen MR) is 96.9 cm³/mol. The largest absolute Gasteiger partial charge is 0.319 e. The Bertz CT molecular complexity index is 871. The van der Waals surface area contributed by atoms with Crippen molar-refractivity contribution in [3.63, 3.8) is 0 Å². The lowest BCUT2D eigenvalue weighted by Crippen LogP contribution is -2.14. The Kier molecular flexibility index (Phi) is 5.27. The first-order chi connectivity index (χ1) is 11.6. The second-order valence-electron chi connectivity index (χ2n) is 4.85. The van der Waals surface area contributed by atoms with Gasteiger partial charge in [0.25, 0.3) is 5.91 Å². The fraction of sp³-hybridized carbons (Fsp3) is 0. The molecule has 0 aliphatic heterocycles. The van der Waals surface area contributed by atoms with Gasteiger partial charge < -0.3 is 5.32 Å². The molecule has 0 spiro atoms. The molecule has 0 saturated carbocycles. The molecule has 1 amide bonds. The topological polar surface area (TPSA) is 42.0 Å². The first-order valence-electron chi connectivity index (χ1n) is 7.08. The highest BCUT2D eigenvalue weighted by molar-refractivity contribution is 9.10. The van der Waals surface area contributed by atoms with Crippen molar-refractivity contribution in [2.45, 2.75) is 9.92 Å². The molecule has 0 aliphatic carbocycles. The molecule has 0 unspecified atom stereocenters. The molecule has 3 aromatic rings. The lowest BCUT2D eigenvalue weighted by Gasteiger charge is -2.09. The van der Waals surface area contributed by atoms with Gasteiger partial charge in [0.2, 0.25) is 0 Å². The van der Waals surface area contributed by atoms with E-state index in [9.17, 15) is 9.18 Å². The van der Waals surface area contributed by atoms with E-state index in [1.165, 1.54) is 23.9 Å². The van der Waals surface area contributed by atoms with Gasteiger partial charge in [0.15, 0.2) is 0 Å². The van der Waals surface area contributed by atoms with Crippen LogP contribution < -0.4 is 5.32 Å². The van der Waals surface area contributed by atoms with Crippen molar-refractivity contribution in [3.05, 3.63) is 82.7 Å². The minimum absolute atomic E-state index is 0.144. The van der Waals surface area contributed by atoms with Crippen LogP contribution in [0.1, 0.15) is 10.4 Å². The summed E-state index contributed by atoms with van der Waals surface area (Å²) in [4.78, 5) is 17.7. The zero-order valence-corrected chi connectivity index (χ0v) is 14.8. The van der Waals surface area contributed by atoms with Crippen LogP contribution in [-0.2, 0) is 0 Å². The van der Waals surface area contributed by atoms with Crippen LogP contribution in [0.4, 0.5) is 10.1 Å². The number of halogens is 2. The lowest BCUT2D eigenvalue weighted by molar-refractivity contribution is 0.102. The Morgan fingerprint density at radius 2 is 1.79 bits per heavy atom. The molecule has 6 heteroatoms. The number of benzene rings is 2. The number of aromatic nitrogens is 1. The van der Waals surface area contributed by atoms with E-state index in [1.807, 2.05) is 24.3 Å². The van der Waals surface area contributed by atoms with Crippen LogP contribution >= 0.6 is 27.7 Å². The van der Waals surface area contributed by atoms with Gasteiger partial charge >= 0.3 is 0 Å². The third-order valence-electron chi connectivity index (χ3n) is 3.17. The smallest absolute Gasteiger partial charge is 0.258 e. The van der Waals surface area contributed by atoms with Gasteiger partial charge in [-0.1, -0.05) is 39.8 Å². The molecular weight excluding hydrogens is 391 g/mol. The molecule has 2 aromatic carbocycles. The molecule has 0 radical (unpaired) electrons. The Labute approximate surface area is 151 Å². The van der Waals surface area contributed by atoms with Gasteiger partial charge in [-0.3, -0.25) is 4.79 Å². The molecule has 3 nitrogen and oxygen atoms in total. The third-order valence-corrected chi connectivity index (χ3v) is 4.72. The Balaban J connectivity index is 1.84. The summed E-state index contributed by atoms with van der Waals surface area (Å²) >= 11 is 4.77. The van der Waals surface area contributed by atoms with E-state index in [0.29, 0.717) is 10.6 Å². The van der Waals surface area contributed by atoms with Gasteiger partial charge in [0, 0.05) is 15.6 Å². The number of hydrogen-bond acceptors (Lipinski definition) is 3. The quantitative estimate of drug-likeness (QED) is 0.636. The monoisotopic (exact) mass is 402 g/mol. The van der Waals surface area contributed by atoms with Crippen LogP contribution in [0.15, 0.2) is 81.3 Å². The molecule has 120 valence electrons. The molecule has 1 heterocycles. The molecule has 0 fully saturated rings. The number of pyridine rings is 1. The molecule has 3 rings (SSSR count). The van der Waals surface area contributed by atoms with Crippen LogP contribution in [0, 0.1) is 5.82 Å². The van der Waals surface area contributed by atoms with Gasteiger partial charge in [-0.05, 0) is 48.5 Å². The first-order valence-corrected chi connectivity index (χ1v) is 8.69. The normalized spacial score (nSPS) is 10.4. The number of nitrogens with zero attached hydrogens (tertiary/aromatic N) is 1. The second-order valence-corrected chi connectivity index (χ2v) is 6.82. The Morgan fingerprint density at radius 3 is 2.54 bits per heavy atom. The van der Waals surface area contributed by atoms with E-state index < -0.39 is 11.7 Å². The maximum Gasteiger partial charge on any atom is 0.258 e. The lowest BCUT2D eigenvalue weighted by atomic mass is 10.2. The predicted octanol–water partition coefficient (Wildman–Crippen LogP) is 5.39. The van der Waals surface area contributed by atoms with Crippen molar-refractivity contribution in [3.8, 4) is 0 Å². The van der Waals surface area contributed by atoms with Crippen molar-refractivity contribution in [2.24, 2.45) is 0 Å². The summed E-state index contributed by atoms with van der Waals surface area (Å²) in [7, 11) is 0. The summed E-state index contributed by atoms with van der Waals surface area (Å²) in [5.74, 6) is -0.871. The van der Waals surface area contributed by atoms with Crippen LogP contribution in [0.2, 0.25) is 0 Å². The van der Waals surface area contributed by atoms with Crippen molar-refractivity contribution in [2.75, 3.05) is 5.32 Å². The van der Waals surface area contributed by atoms with Crippen molar-refractivity contribution in [1.29, 1.82) is 0 Å². The molecule has 1 aromatic heterocycles. The third kappa shape index (κ3) is 4.01. The van der Waals surface area contributed by atoms with Crippen LogP contribution in [-0.4, -0.2) is 10.9 Å². The zero-order chi connectivity index (χ0) is 16.9. The van der Waals surface area contributed by atoms with Crippen LogP contribution in [0.5, 0.6) is 0 Å². The summed E-state index contributed by atoms with van der Waals surface area (Å²) in [5, 5.41) is 3.15. The van der Waals surface area contributed by atoms with Gasteiger partial charge in [0.05, 0.1) is 11.3 Å². The number of anilines is 1. The minimum atomic E-state index is -0.475. The van der Waals surface area contributed by atoms with E-state index in [0.717, 1.165) is 9.37 Å². The van der Waals surface area contributed by atoms with Crippen LogP contribution in [0.25, 0.3) is 0 Å². The van der Waals surface area contributed by atoms with Gasteiger partial charge in [-0.2, -0.15) is 0 Å². The molecule has 1 N–H and O–H groups in total. The van der Waals surface area contributed by atoms with Gasteiger partial charge in [-0.15, -0.1) is 0 Å². The number of rotatable bonds is 4. The second kappa shape index (κ2) is 7.59. The minimum Gasteiger partial charge on any atom is -0.319 e. The number of para-hydroxylation sites is 1. The fourth-order valence-corrected chi connectivity index (χ4v) is 3.16. The summed E-state index contributed by atoms with van der Waals surface area (Å²) < 4.78 is 14.7. The molecule has 0 aliphatic rings. The molecule has 0 saturated heterocycles. The van der Waals surface area contributed by atoms with E-state index in [1.54, 1.807) is 30.5 Å². The maximum atomic E-state index is 13.7. The average molecular weight is 403 g/mol. The molecule has 24 heavy (non-hydrogen) atoms. The standard InChI is InChI=1S/C18H12BrFN2OS/c19-12-7-9-13(10-8-12)24-18-14(4-3-11-21-18)17(23)22-16-6-2-1-5-15(16)20/h1-11H,(H,22,23).